The van der Waals surface area contributed by atoms with E-state index in [0.717, 1.165) is 29.5 Å². The van der Waals surface area contributed by atoms with Crippen LogP contribution in [0.25, 0.3) is 0 Å². The Morgan fingerprint density at radius 1 is 1.67 bits per heavy atom. The minimum atomic E-state index is 0.0564. The highest BCUT2D eigenvalue weighted by atomic mass is 79.9. The zero-order valence-electron chi connectivity index (χ0n) is 8.53. The fourth-order valence-corrected chi connectivity index (χ4v) is 3.49. The number of carbonyl (C=O) groups is 1. The molecule has 15 heavy (non-hydrogen) atoms. The normalized spacial score (nSPS) is 25.7. The van der Waals surface area contributed by atoms with E-state index in [-0.39, 0.29) is 17.8 Å². The summed E-state index contributed by atoms with van der Waals surface area (Å²) in [5, 5.41) is 3.86. The number of halogens is 1. The first kappa shape index (κ1) is 11.3. The molecule has 0 N–H and O–H groups in total. The molecule has 0 saturated carbocycles. The maximum absolute atomic E-state index is 12.2. The predicted molar refractivity (Wildman–Crippen MR) is 64.5 cm³/mol. The van der Waals surface area contributed by atoms with E-state index >= 15 is 0 Å². The second kappa shape index (κ2) is 4.76. The van der Waals surface area contributed by atoms with Crippen LogP contribution >= 0.6 is 27.3 Å². The molecular weight excluding hydrogens is 276 g/mol. The van der Waals surface area contributed by atoms with Crippen molar-refractivity contribution >= 4 is 33.0 Å². The minimum Gasteiger partial charge on any atom is -0.377 e. The Bertz CT molecular complexity index is 361. The summed E-state index contributed by atoms with van der Waals surface area (Å²) >= 11 is 4.96. The van der Waals surface area contributed by atoms with Crippen LogP contribution in [-0.4, -0.2) is 18.5 Å². The molecule has 2 nitrogen and oxygen atoms in total. The van der Waals surface area contributed by atoms with Gasteiger partial charge in [0.05, 0.1) is 12.0 Å². The van der Waals surface area contributed by atoms with E-state index in [4.69, 9.17) is 4.74 Å². The number of ether oxygens (including phenoxy) is 1. The molecule has 2 atom stereocenters. The molecule has 0 bridgehead atoms. The van der Waals surface area contributed by atoms with Gasteiger partial charge in [0.2, 0.25) is 0 Å². The maximum atomic E-state index is 12.2. The van der Waals surface area contributed by atoms with Gasteiger partial charge in [-0.1, -0.05) is 6.92 Å². The van der Waals surface area contributed by atoms with Crippen LogP contribution < -0.4 is 0 Å². The van der Waals surface area contributed by atoms with Crippen molar-refractivity contribution in [1.82, 2.24) is 0 Å². The molecule has 0 radical (unpaired) electrons. The molecule has 1 aliphatic rings. The molecule has 1 aromatic rings. The molecule has 0 aromatic carbocycles. The Balaban J connectivity index is 2.18. The first-order valence-electron chi connectivity index (χ1n) is 5.11. The topological polar surface area (TPSA) is 26.3 Å². The van der Waals surface area contributed by atoms with Gasteiger partial charge in [0, 0.05) is 27.4 Å². The van der Waals surface area contributed by atoms with Gasteiger partial charge in [-0.25, -0.2) is 0 Å². The molecule has 1 fully saturated rings. The summed E-state index contributed by atoms with van der Waals surface area (Å²) in [6, 6.07) is 0. The predicted octanol–water partition coefficient (Wildman–Crippen LogP) is 3.51. The number of thiophene rings is 1. The summed E-state index contributed by atoms with van der Waals surface area (Å²) < 4.78 is 6.46. The zero-order chi connectivity index (χ0) is 10.8. The van der Waals surface area contributed by atoms with Crippen molar-refractivity contribution in [2.45, 2.75) is 25.9 Å². The lowest BCUT2D eigenvalue weighted by molar-refractivity contribution is 0.0689. The van der Waals surface area contributed by atoms with Crippen LogP contribution in [0.3, 0.4) is 0 Å². The number of carbonyl (C=O) groups excluding carboxylic acids is 1. The highest BCUT2D eigenvalue weighted by Crippen LogP contribution is 2.31. The van der Waals surface area contributed by atoms with Gasteiger partial charge in [0.1, 0.15) is 0 Å². The van der Waals surface area contributed by atoms with E-state index in [2.05, 4.69) is 22.9 Å². The Kier molecular flexibility index (Phi) is 3.59. The van der Waals surface area contributed by atoms with Crippen LogP contribution in [-0.2, 0) is 4.74 Å². The largest absolute Gasteiger partial charge is 0.377 e. The smallest absolute Gasteiger partial charge is 0.170 e. The standard InChI is InChI=1S/C11H13BrO2S/c1-2-10-7(3-4-14-10)11(13)8-5-15-6-9(8)12/h5-7,10H,2-4H2,1H3. The second-order valence-electron chi connectivity index (χ2n) is 3.71. The molecular formula is C11H13BrO2S. The average Bonchev–Trinajstić information content (AvgIpc) is 2.84. The summed E-state index contributed by atoms with van der Waals surface area (Å²) in [5.74, 6) is 0.286. The van der Waals surface area contributed by atoms with Gasteiger partial charge in [-0.3, -0.25) is 4.79 Å². The fraction of sp³-hybridized carbons (Fsp3) is 0.545. The molecule has 0 aliphatic carbocycles. The number of rotatable bonds is 3. The van der Waals surface area contributed by atoms with Crippen molar-refractivity contribution in [3.05, 3.63) is 20.8 Å². The lowest BCUT2D eigenvalue weighted by Gasteiger charge is -2.14. The molecule has 82 valence electrons. The summed E-state index contributed by atoms with van der Waals surface area (Å²) in [5.41, 5.74) is 0.814. The summed E-state index contributed by atoms with van der Waals surface area (Å²) in [4.78, 5) is 12.2. The first-order chi connectivity index (χ1) is 7.24. The van der Waals surface area contributed by atoms with Gasteiger partial charge in [0.25, 0.3) is 0 Å². The minimum absolute atomic E-state index is 0.0564. The summed E-state index contributed by atoms with van der Waals surface area (Å²) in [6.45, 7) is 2.79. The third kappa shape index (κ3) is 2.17. The Hall–Kier alpha value is -0.190. The Labute approximate surface area is 102 Å². The lowest BCUT2D eigenvalue weighted by atomic mass is 9.92. The molecule has 0 spiro atoms. The molecule has 2 heterocycles. The van der Waals surface area contributed by atoms with Crippen molar-refractivity contribution in [2.24, 2.45) is 5.92 Å². The Morgan fingerprint density at radius 2 is 2.47 bits per heavy atom. The SMILES string of the molecule is CCC1OCCC1C(=O)c1cscc1Br. The van der Waals surface area contributed by atoms with E-state index < -0.39 is 0 Å². The highest BCUT2D eigenvalue weighted by molar-refractivity contribution is 9.10. The highest BCUT2D eigenvalue weighted by Gasteiger charge is 2.34. The molecule has 1 aromatic heterocycles. The van der Waals surface area contributed by atoms with Gasteiger partial charge >= 0.3 is 0 Å². The van der Waals surface area contributed by atoms with Crippen molar-refractivity contribution < 1.29 is 9.53 Å². The third-order valence-corrected chi connectivity index (χ3v) is 4.53. The zero-order valence-corrected chi connectivity index (χ0v) is 10.9. The molecule has 2 unspecified atom stereocenters. The molecule has 1 saturated heterocycles. The average molecular weight is 289 g/mol. The van der Waals surface area contributed by atoms with Crippen LogP contribution in [0, 0.1) is 5.92 Å². The number of ketones is 1. The number of hydrogen-bond acceptors (Lipinski definition) is 3. The fourth-order valence-electron chi connectivity index (χ4n) is 2.01. The maximum Gasteiger partial charge on any atom is 0.170 e. The molecule has 0 amide bonds. The van der Waals surface area contributed by atoms with E-state index in [0.29, 0.717) is 0 Å². The van der Waals surface area contributed by atoms with Crippen LogP contribution in [0.2, 0.25) is 0 Å². The first-order valence-corrected chi connectivity index (χ1v) is 6.85. The van der Waals surface area contributed by atoms with Gasteiger partial charge < -0.3 is 4.74 Å². The Morgan fingerprint density at radius 3 is 3.07 bits per heavy atom. The summed E-state index contributed by atoms with van der Waals surface area (Å²) in [7, 11) is 0. The van der Waals surface area contributed by atoms with Gasteiger partial charge in [-0.05, 0) is 28.8 Å². The van der Waals surface area contributed by atoms with E-state index in [1.54, 1.807) is 11.3 Å². The molecule has 2 rings (SSSR count). The van der Waals surface area contributed by atoms with Crippen molar-refractivity contribution in [2.75, 3.05) is 6.61 Å². The lowest BCUT2D eigenvalue weighted by Crippen LogP contribution is -2.23. The number of hydrogen-bond donors (Lipinski definition) is 0. The van der Waals surface area contributed by atoms with Crippen molar-refractivity contribution in [3.8, 4) is 0 Å². The van der Waals surface area contributed by atoms with Crippen LogP contribution in [0.4, 0.5) is 0 Å². The van der Waals surface area contributed by atoms with Gasteiger partial charge in [-0.15, -0.1) is 0 Å². The second-order valence-corrected chi connectivity index (χ2v) is 5.31. The van der Waals surface area contributed by atoms with Crippen molar-refractivity contribution in [1.29, 1.82) is 0 Å². The van der Waals surface area contributed by atoms with Crippen LogP contribution in [0.15, 0.2) is 15.2 Å². The number of Topliss-reactive ketones (excluding diaryl/α,β-unsaturated/α-hetero) is 1. The monoisotopic (exact) mass is 288 g/mol. The van der Waals surface area contributed by atoms with Crippen LogP contribution in [0.1, 0.15) is 30.1 Å². The van der Waals surface area contributed by atoms with Crippen LogP contribution in [0.5, 0.6) is 0 Å². The van der Waals surface area contributed by atoms with E-state index in [1.807, 2.05) is 10.8 Å². The third-order valence-electron chi connectivity index (χ3n) is 2.83. The molecule has 1 aliphatic heterocycles. The quantitative estimate of drug-likeness (QED) is 0.796. The summed E-state index contributed by atoms with van der Waals surface area (Å²) in [6.07, 6.45) is 1.89. The van der Waals surface area contributed by atoms with E-state index in [1.165, 1.54) is 0 Å². The van der Waals surface area contributed by atoms with Crippen molar-refractivity contribution in [3.63, 3.8) is 0 Å². The van der Waals surface area contributed by atoms with Gasteiger partial charge in [0.15, 0.2) is 5.78 Å². The van der Waals surface area contributed by atoms with E-state index in [9.17, 15) is 4.79 Å². The molecule has 4 heteroatoms. The van der Waals surface area contributed by atoms with Gasteiger partial charge in [-0.2, -0.15) is 11.3 Å².